The average molecular weight is 380 g/mol. The number of hydrogen-bond donors (Lipinski definition) is 2. The van der Waals surface area contributed by atoms with Gasteiger partial charge in [0.25, 0.3) is 0 Å². The molecule has 0 radical (unpaired) electrons. The van der Waals surface area contributed by atoms with E-state index in [4.69, 9.17) is 16.3 Å². The number of benzene rings is 2. The van der Waals surface area contributed by atoms with Gasteiger partial charge in [-0.25, -0.2) is 0 Å². The number of aromatic nitrogens is 1. The standard InChI is InChI=1S/C16H12BrClN2O2/c1-22-15-5-3-10(7-13(15)18)19-8-12-11-6-9(17)2-4-14(11)20-16(12)21/h2-8,20-21H,1H3. The molecule has 0 amide bonds. The number of methoxy groups -OCH3 is 1. The van der Waals surface area contributed by atoms with Gasteiger partial charge in [0.15, 0.2) is 5.88 Å². The molecule has 3 aromatic rings. The Hall–Kier alpha value is -1.98. The first-order chi connectivity index (χ1) is 10.6. The van der Waals surface area contributed by atoms with Crippen LogP contribution in [0.25, 0.3) is 10.9 Å². The Morgan fingerprint density at radius 3 is 2.82 bits per heavy atom. The number of ether oxygens (including phenoxy) is 1. The third-order valence-electron chi connectivity index (χ3n) is 3.26. The summed E-state index contributed by atoms with van der Waals surface area (Å²) in [5.41, 5.74) is 2.15. The molecular formula is C16H12BrClN2O2. The van der Waals surface area contributed by atoms with Gasteiger partial charge in [-0.3, -0.25) is 4.99 Å². The van der Waals surface area contributed by atoms with E-state index in [1.807, 2.05) is 18.2 Å². The maximum atomic E-state index is 10.0. The van der Waals surface area contributed by atoms with Crippen LogP contribution >= 0.6 is 27.5 Å². The molecule has 0 unspecified atom stereocenters. The Kier molecular flexibility index (Phi) is 4.09. The van der Waals surface area contributed by atoms with E-state index in [-0.39, 0.29) is 5.88 Å². The number of rotatable bonds is 3. The third kappa shape index (κ3) is 2.82. The highest BCUT2D eigenvalue weighted by molar-refractivity contribution is 9.10. The zero-order valence-corrected chi connectivity index (χ0v) is 13.9. The van der Waals surface area contributed by atoms with Crippen LogP contribution in [-0.4, -0.2) is 23.4 Å². The molecule has 6 heteroatoms. The van der Waals surface area contributed by atoms with Crippen molar-refractivity contribution in [2.75, 3.05) is 7.11 Å². The second-order valence-electron chi connectivity index (χ2n) is 4.65. The van der Waals surface area contributed by atoms with Crippen LogP contribution in [0.4, 0.5) is 5.69 Å². The number of hydrogen-bond acceptors (Lipinski definition) is 3. The van der Waals surface area contributed by atoms with Gasteiger partial charge in [0, 0.05) is 21.6 Å². The number of aromatic amines is 1. The van der Waals surface area contributed by atoms with Gasteiger partial charge < -0.3 is 14.8 Å². The lowest BCUT2D eigenvalue weighted by atomic mass is 10.2. The van der Waals surface area contributed by atoms with Gasteiger partial charge in [-0.15, -0.1) is 0 Å². The molecule has 2 aromatic carbocycles. The van der Waals surface area contributed by atoms with Crippen LogP contribution in [0.15, 0.2) is 45.9 Å². The fraction of sp³-hybridized carbons (Fsp3) is 0.0625. The lowest BCUT2D eigenvalue weighted by Crippen LogP contribution is -1.83. The Bertz CT molecular complexity index is 874. The first kappa shape index (κ1) is 14.9. The van der Waals surface area contributed by atoms with E-state index in [0.29, 0.717) is 22.0 Å². The van der Waals surface area contributed by atoms with Crippen molar-refractivity contribution in [2.45, 2.75) is 0 Å². The quantitative estimate of drug-likeness (QED) is 0.626. The van der Waals surface area contributed by atoms with E-state index in [0.717, 1.165) is 15.4 Å². The van der Waals surface area contributed by atoms with Gasteiger partial charge in [-0.2, -0.15) is 0 Å². The van der Waals surface area contributed by atoms with Gasteiger partial charge in [0.05, 0.1) is 23.4 Å². The van der Waals surface area contributed by atoms with Crippen LogP contribution < -0.4 is 4.74 Å². The van der Waals surface area contributed by atoms with Crippen molar-refractivity contribution >= 4 is 50.3 Å². The van der Waals surface area contributed by atoms with Crippen molar-refractivity contribution < 1.29 is 9.84 Å². The molecule has 0 bridgehead atoms. The molecule has 0 aliphatic carbocycles. The molecule has 112 valence electrons. The number of aliphatic imine (C=N–C) groups is 1. The molecule has 22 heavy (non-hydrogen) atoms. The Morgan fingerprint density at radius 2 is 2.09 bits per heavy atom. The molecule has 0 spiro atoms. The van der Waals surface area contributed by atoms with Crippen LogP contribution in [0.5, 0.6) is 11.6 Å². The molecule has 4 nitrogen and oxygen atoms in total. The van der Waals surface area contributed by atoms with Crippen molar-refractivity contribution in [3.05, 3.63) is 51.5 Å². The highest BCUT2D eigenvalue weighted by Gasteiger charge is 2.09. The zero-order valence-electron chi connectivity index (χ0n) is 11.6. The molecule has 0 atom stereocenters. The van der Waals surface area contributed by atoms with Gasteiger partial charge in [0.2, 0.25) is 0 Å². The minimum absolute atomic E-state index is 0.0801. The molecule has 0 saturated heterocycles. The van der Waals surface area contributed by atoms with Gasteiger partial charge in [-0.1, -0.05) is 27.5 Å². The summed E-state index contributed by atoms with van der Waals surface area (Å²) in [5, 5.41) is 11.4. The summed E-state index contributed by atoms with van der Waals surface area (Å²) in [5.74, 6) is 0.677. The SMILES string of the molecule is COc1ccc(N=Cc2c(O)[nH]c3ccc(Br)cc23)cc1Cl. The van der Waals surface area contributed by atoms with E-state index in [1.165, 1.54) is 0 Å². The fourth-order valence-electron chi connectivity index (χ4n) is 2.18. The van der Waals surface area contributed by atoms with Crippen molar-refractivity contribution in [3.63, 3.8) is 0 Å². The number of halogens is 2. The number of fused-ring (bicyclic) bond motifs is 1. The molecule has 0 fully saturated rings. The van der Waals surface area contributed by atoms with Crippen LogP contribution in [-0.2, 0) is 0 Å². The number of nitrogens with zero attached hydrogens (tertiary/aromatic N) is 1. The highest BCUT2D eigenvalue weighted by atomic mass is 79.9. The van der Waals surface area contributed by atoms with E-state index in [1.54, 1.807) is 31.5 Å². The molecular weight excluding hydrogens is 368 g/mol. The minimum atomic E-state index is 0.0801. The van der Waals surface area contributed by atoms with Crippen molar-refractivity contribution in [2.24, 2.45) is 4.99 Å². The van der Waals surface area contributed by atoms with E-state index < -0.39 is 0 Å². The molecule has 1 aromatic heterocycles. The van der Waals surface area contributed by atoms with Gasteiger partial charge >= 0.3 is 0 Å². The maximum absolute atomic E-state index is 10.0. The zero-order chi connectivity index (χ0) is 15.7. The lowest BCUT2D eigenvalue weighted by molar-refractivity contribution is 0.415. The smallest absolute Gasteiger partial charge is 0.198 e. The summed E-state index contributed by atoms with van der Waals surface area (Å²) in [6.45, 7) is 0. The second kappa shape index (κ2) is 6.02. The molecule has 2 N–H and O–H groups in total. The van der Waals surface area contributed by atoms with E-state index >= 15 is 0 Å². The Balaban J connectivity index is 2.00. The fourth-order valence-corrected chi connectivity index (χ4v) is 2.79. The van der Waals surface area contributed by atoms with Gasteiger partial charge in [0.1, 0.15) is 5.75 Å². The normalized spacial score (nSPS) is 11.4. The molecule has 0 aliphatic rings. The summed E-state index contributed by atoms with van der Waals surface area (Å²) >= 11 is 9.50. The molecule has 3 rings (SSSR count). The predicted molar refractivity (Wildman–Crippen MR) is 92.9 cm³/mol. The molecule has 0 aliphatic heterocycles. The second-order valence-corrected chi connectivity index (χ2v) is 5.98. The Morgan fingerprint density at radius 1 is 1.27 bits per heavy atom. The summed E-state index contributed by atoms with van der Waals surface area (Å²) in [4.78, 5) is 7.28. The summed E-state index contributed by atoms with van der Waals surface area (Å²) in [6, 6.07) is 11.0. The van der Waals surface area contributed by atoms with Crippen LogP contribution in [0.1, 0.15) is 5.56 Å². The number of aromatic hydroxyl groups is 1. The van der Waals surface area contributed by atoms with Crippen molar-refractivity contribution in [1.29, 1.82) is 0 Å². The third-order valence-corrected chi connectivity index (χ3v) is 4.05. The largest absolute Gasteiger partial charge is 0.495 e. The monoisotopic (exact) mass is 378 g/mol. The summed E-state index contributed by atoms with van der Waals surface area (Å²) in [7, 11) is 1.56. The van der Waals surface area contributed by atoms with E-state index in [2.05, 4.69) is 25.9 Å². The van der Waals surface area contributed by atoms with Gasteiger partial charge in [-0.05, 0) is 36.4 Å². The Labute approximate surface area is 140 Å². The minimum Gasteiger partial charge on any atom is -0.495 e. The predicted octanol–water partition coefficient (Wildman–Crippen LogP) is 5.05. The summed E-state index contributed by atoms with van der Waals surface area (Å²) in [6.07, 6.45) is 1.61. The first-order valence-electron chi connectivity index (χ1n) is 6.46. The number of H-pyrrole nitrogens is 1. The lowest BCUT2D eigenvalue weighted by Gasteiger charge is -2.02. The topological polar surface area (TPSA) is 57.6 Å². The van der Waals surface area contributed by atoms with Crippen LogP contribution in [0.3, 0.4) is 0 Å². The van der Waals surface area contributed by atoms with Crippen molar-refractivity contribution in [1.82, 2.24) is 4.98 Å². The summed E-state index contributed by atoms with van der Waals surface area (Å²) < 4.78 is 6.04. The first-order valence-corrected chi connectivity index (χ1v) is 7.63. The van der Waals surface area contributed by atoms with E-state index in [9.17, 15) is 5.11 Å². The average Bonchev–Trinajstić information content (AvgIpc) is 2.80. The number of nitrogens with one attached hydrogen (secondary N) is 1. The maximum Gasteiger partial charge on any atom is 0.198 e. The van der Waals surface area contributed by atoms with Crippen molar-refractivity contribution in [3.8, 4) is 11.6 Å². The molecule has 0 saturated carbocycles. The van der Waals surface area contributed by atoms with Crippen LogP contribution in [0.2, 0.25) is 5.02 Å². The molecule has 1 heterocycles. The van der Waals surface area contributed by atoms with Crippen LogP contribution in [0, 0.1) is 0 Å². The highest BCUT2D eigenvalue weighted by Crippen LogP contribution is 2.31.